The molecule has 3 rings (SSSR count). The van der Waals surface area contributed by atoms with Crippen LogP contribution in [0.3, 0.4) is 0 Å². The fourth-order valence-corrected chi connectivity index (χ4v) is 3.75. The SMILES string of the molecule is CCN1CCC(CNC(=NC)N2CCN(c3ccccc3)CC2)C1.I. The van der Waals surface area contributed by atoms with Crippen molar-refractivity contribution in [1.82, 2.24) is 15.1 Å². The van der Waals surface area contributed by atoms with Crippen LogP contribution in [0.25, 0.3) is 0 Å². The third-order valence-electron chi connectivity index (χ3n) is 5.28. The number of halogens is 1. The molecular weight excluding hydrogens is 425 g/mol. The van der Waals surface area contributed by atoms with E-state index in [1.165, 1.54) is 31.7 Å². The Hall–Kier alpha value is -1.02. The maximum absolute atomic E-state index is 4.51. The van der Waals surface area contributed by atoms with Gasteiger partial charge >= 0.3 is 0 Å². The van der Waals surface area contributed by atoms with Gasteiger partial charge in [0.1, 0.15) is 0 Å². The number of hydrogen-bond acceptors (Lipinski definition) is 3. The number of likely N-dealkylation sites (tertiary alicyclic amines) is 1. The minimum atomic E-state index is 0. The molecule has 1 aromatic carbocycles. The number of piperazine rings is 1. The minimum Gasteiger partial charge on any atom is -0.368 e. The molecule has 0 amide bonds. The molecule has 2 aliphatic rings. The lowest BCUT2D eigenvalue weighted by atomic mass is 10.1. The van der Waals surface area contributed by atoms with Crippen molar-refractivity contribution in [2.45, 2.75) is 13.3 Å². The molecule has 6 heteroatoms. The lowest BCUT2D eigenvalue weighted by Gasteiger charge is -2.37. The summed E-state index contributed by atoms with van der Waals surface area (Å²) in [6.07, 6.45) is 1.31. The van der Waals surface area contributed by atoms with E-state index in [0.29, 0.717) is 0 Å². The van der Waals surface area contributed by atoms with Gasteiger partial charge < -0.3 is 20.0 Å². The van der Waals surface area contributed by atoms with Gasteiger partial charge in [-0.1, -0.05) is 25.1 Å². The summed E-state index contributed by atoms with van der Waals surface area (Å²) in [4.78, 5) is 11.9. The van der Waals surface area contributed by atoms with Crippen LogP contribution in [0.15, 0.2) is 35.3 Å². The summed E-state index contributed by atoms with van der Waals surface area (Å²) >= 11 is 0. The highest BCUT2D eigenvalue weighted by molar-refractivity contribution is 14.0. The van der Waals surface area contributed by atoms with Gasteiger partial charge in [0.25, 0.3) is 0 Å². The van der Waals surface area contributed by atoms with Crippen molar-refractivity contribution in [1.29, 1.82) is 0 Å². The zero-order valence-corrected chi connectivity index (χ0v) is 17.9. The van der Waals surface area contributed by atoms with Crippen molar-refractivity contribution in [2.75, 3.05) is 64.3 Å². The maximum Gasteiger partial charge on any atom is 0.193 e. The van der Waals surface area contributed by atoms with Crippen LogP contribution in [0, 0.1) is 5.92 Å². The van der Waals surface area contributed by atoms with Gasteiger partial charge in [0, 0.05) is 52.0 Å². The van der Waals surface area contributed by atoms with Crippen LogP contribution < -0.4 is 10.2 Å². The van der Waals surface area contributed by atoms with Gasteiger partial charge in [0.05, 0.1) is 0 Å². The van der Waals surface area contributed by atoms with Gasteiger partial charge in [0.2, 0.25) is 0 Å². The second-order valence-electron chi connectivity index (χ2n) is 6.79. The summed E-state index contributed by atoms with van der Waals surface area (Å²) in [5, 5.41) is 3.61. The van der Waals surface area contributed by atoms with E-state index in [0.717, 1.165) is 44.6 Å². The highest BCUT2D eigenvalue weighted by Crippen LogP contribution is 2.16. The van der Waals surface area contributed by atoms with E-state index in [2.05, 4.69) is 62.3 Å². The second kappa shape index (κ2) is 10.2. The number of para-hydroxylation sites is 1. The fraction of sp³-hybridized carbons (Fsp3) is 0.632. The quantitative estimate of drug-likeness (QED) is 0.428. The Kier molecular flexibility index (Phi) is 8.29. The van der Waals surface area contributed by atoms with Crippen molar-refractivity contribution in [2.24, 2.45) is 10.9 Å². The van der Waals surface area contributed by atoms with Crippen molar-refractivity contribution in [3.63, 3.8) is 0 Å². The molecule has 5 nitrogen and oxygen atoms in total. The molecule has 2 fully saturated rings. The smallest absolute Gasteiger partial charge is 0.193 e. The number of anilines is 1. The Bertz CT molecular complexity index is 528. The third kappa shape index (κ3) is 5.48. The third-order valence-corrected chi connectivity index (χ3v) is 5.28. The molecule has 0 bridgehead atoms. The van der Waals surface area contributed by atoms with Gasteiger partial charge in [-0.15, -0.1) is 24.0 Å². The Labute approximate surface area is 169 Å². The van der Waals surface area contributed by atoms with Gasteiger partial charge in [-0.3, -0.25) is 4.99 Å². The molecule has 1 unspecified atom stereocenters. The molecule has 0 aliphatic carbocycles. The van der Waals surface area contributed by atoms with E-state index in [1.807, 2.05) is 7.05 Å². The lowest BCUT2D eigenvalue weighted by Crippen LogP contribution is -2.53. The molecule has 0 spiro atoms. The number of rotatable bonds is 4. The van der Waals surface area contributed by atoms with Crippen LogP contribution in [-0.4, -0.2) is 75.2 Å². The molecule has 1 N–H and O–H groups in total. The van der Waals surface area contributed by atoms with Gasteiger partial charge in [-0.25, -0.2) is 0 Å². The number of nitrogens with one attached hydrogen (secondary N) is 1. The maximum atomic E-state index is 4.51. The summed E-state index contributed by atoms with van der Waals surface area (Å²) in [7, 11) is 1.90. The summed E-state index contributed by atoms with van der Waals surface area (Å²) in [6, 6.07) is 10.7. The molecule has 2 saturated heterocycles. The number of guanidine groups is 1. The Morgan fingerprint density at radius 3 is 2.44 bits per heavy atom. The van der Waals surface area contributed by atoms with Crippen molar-refractivity contribution in [3.8, 4) is 0 Å². The van der Waals surface area contributed by atoms with Crippen molar-refractivity contribution in [3.05, 3.63) is 30.3 Å². The molecule has 2 heterocycles. The molecule has 2 aliphatic heterocycles. The first kappa shape index (κ1) is 20.3. The predicted octanol–water partition coefficient (Wildman–Crippen LogP) is 2.34. The predicted molar refractivity (Wildman–Crippen MR) is 117 cm³/mol. The van der Waals surface area contributed by atoms with Gasteiger partial charge in [-0.05, 0) is 37.6 Å². The molecule has 0 aromatic heterocycles. The molecular formula is C19H32IN5. The topological polar surface area (TPSA) is 34.1 Å². The van der Waals surface area contributed by atoms with E-state index in [9.17, 15) is 0 Å². The largest absolute Gasteiger partial charge is 0.368 e. The second-order valence-corrected chi connectivity index (χ2v) is 6.79. The van der Waals surface area contributed by atoms with Crippen molar-refractivity contribution < 1.29 is 0 Å². The first-order valence-corrected chi connectivity index (χ1v) is 9.28. The van der Waals surface area contributed by atoms with Crippen LogP contribution in [0.2, 0.25) is 0 Å². The average molecular weight is 457 g/mol. The monoisotopic (exact) mass is 457 g/mol. The van der Waals surface area contributed by atoms with Crippen LogP contribution >= 0.6 is 24.0 Å². The Morgan fingerprint density at radius 1 is 1.12 bits per heavy atom. The highest BCUT2D eigenvalue weighted by Gasteiger charge is 2.23. The van der Waals surface area contributed by atoms with Crippen LogP contribution in [0.4, 0.5) is 5.69 Å². The van der Waals surface area contributed by atoms with Crippen molar-refractivity contribution >= 4 is 35.6 Å². The molecule has 1 atom stereocenters. The van der Waals surface area contributed by atoms with Crippen LogP contribution in [0.5, 0.6) is 0 Å². The first-order valence-electron chi connectivity index (χ1n) is 9.28. The summed E-state index contributed by atoms with van der Waals surface area (Å²) in [5.41, 5.74) is 1.32. The molecule has 140 valence electrons. The number of nitrogens with zero attached hydrogens (tertiary/aromatic N) is 4. The van der Waals surface area contributed by atoms with Crippen LogP contribution in [-0.2, 0) is 0 Å². The normalized spacial score (nSPS) is 22.0. The van der Waals surface area contributed by atoms with E-state index in [4.69, 9.17) is 0 Å². The standard InChI is InChI=1S/C19H31N5.HI/c1-3-22-10-9-17(16-22)15-21-19(20-2)24-13-11-23(12-14-24)18-7-5-4-6-8-18;/h4-8,17H,3,9-16H2,1-2H3,(H,20,21);1H. The number of hydrogen-bond donors (Lipinski definition) is 1. The summed E-state index contributed by atoms with van der Waals surface area (Å²) < 4.78 is 0. The Balaban J connectivity index is 0.00000225. The van der Waals surface area contributed by atoms with Gasteiger partial charge in [0.15, 0.2) is 5.96 Å². The van der Waals surface area contributed by atoms with Crippen LogP contribution in [0.1, 0.15) is 13.3 Å². The zero-order valence-electron chi connectivity index (χ0n) is 15.5. The molecule has 0 saturated carbocycles. The summed E-state index contributed by atoms with van der Waals surface area (Å²) in [5.74, 6) is 1.82. The zero-order chi connectivity index (χ0) is 16.8. The van der Waals surface area contributed by atoms with E-state index in [1.54, 1.807) is 0 Å². The highest BCUT2D eigenvalue weighted by atomic mass is 127. The van der Waals surface area contributed by atoms with E-state index < -0.39 is 0 Å². The lowest BCUT2D eigenvalue weighted by molar-refractivity contribution is 0.337. The number of benzene rings is 1. The average Bonchev–Trinajstić information content (AvgIpc) is 3.12. The molecule has 1 aromatic rings. The number of aliphatic imine (C=N–C) groups is 1. The van der Waals surface area contributed by atoms with E-state index >= 15 is 0 Å². The minimum absolute atomic E-state index is 0. The van der Waals surface area contributed by atoms with E-state index in [-0.39, 0.29) is 24.0 Å². The first-order chi connectivity index (χ1) is 11.8. The Morgan fingerprint density at radius 2 is 1.84 bits per heavy atom. The fourth-order valence-electron chi connectivity index (χ4n) is 3.75. The summed E-state index contributed by atoms with van der Waals surface area (Å²) in [6.45, 7) is 11.1. The molecule has 25 heavy (non-hydrogen) atoms. The van der Waals surface area contributed by atoms with Gasteiger partial charge in [-0.2, -0.15) is 0 Å². The molecule has 0 radical (unpaired) electrons.